The van der Waals surface area contributed by atoms with Gasteiger partial charge in [-0.1, -0.05) is 106 Å². The molecule has 0 N–H and O–H groups in total. The molecule has 0 bridgehead atoms. The van der Waals surface area contributed by atoms with Gasteiger partial charge in [0.15, 0.2) is 0 Å². The first-order valence-corrected chi connectivity index (χ1v) is 12.3. The highest BCUT2D eigenvalue weighted by molar-refractivity contribution is 6.94. The van der Waals surface area contributed by atoms with E-state index in [2.05, 4.69) is 69.0 Å². The van der Waals surface area contributed by atoms with Crippen LogP contribution in [0.2, 0.25) is 17.6 Å². The van der Waals surface area contributed by atoms with E-state index in [4.69, 9.17) is 0 Å². The fraction of sp³-hybridized carbons (Fsp3) is 0.545. The molecule has 0 spiro atoms. The molecule has 1 fully saturated rings. The van der Waals surface area contributed by atoms with Gasteiger partial charge in [-0.3, -0.25) is 0 Å². The number of hydrogen-bond acceptors (Lipinski definition) is 0. The third-order valence-corrected chi connectivity index (χ3v) is 12.2. The van der Waals surface area contributed by atoms with Gasteiger partial charge in [0, 0.05) is 0 Å². The second-order valence-corrected chi connectivity index (χ2v) is 12.5. The molecule has 0 heterocycles. The van der Waals surface area contributed by atoms with Crippen LogP contribution in [0.4, 0.5) is 0 Å². The van der Waals surface area contributed by atoms with Gasteiger partial charge in [0.2, 0.25) is 0 Å². The van der Waals surface area contributed by atoms with Crippen LogP contribution in [0.3, 0.4) is 0 Å². The smallest absolute Gasteiger partial charge is 0.0797 e. The summed E-state index contributed by atoms with van der Waals surface area (Å²) in [6, 6.07) is 11.5. The van der Waals surface area contributed by atoms with E-state index in [0.717, 1.165) is 5.54 Å². The molecule has 0 nitrogen and oxygen atoms in total. The van der Waals surface area contributed by atoms with E-state index < -0.39 is 8.07 Å². The molecule has 0 saturated heterocycles. The van der Waals surface area contributed by atoms with Crippen molar-refractivity contribution >= 4 is 13.3 Å². The van der Waals surface area contributed by atoms with Gasteiger partial charge < -0.3 is 0 Å². The van der Waals surface area contributed by atoms with Crippen LogP contribution in [0.5, 0.6) is 0 Å². The summed E-state index contributed by atoms with van der Waals surface area (Å²) in [7, 11) is -1.56. The lowest BCUT2D eigenvalue weighted by atomic mass is 10.00. The van der Waals surface area contributed by atoms with E-state index in [1.165, 1.54) is 38.5 Å². The molecule has 23 heavy (non-hydrogen) atoms. The molecule has 3 atom stereocenters. The molecular weight excluding hydrogens is 292 g/mol. The van der Waals surface area contributed by atoms with Crippen LogP contribution in [0, 0.1) is 5.92 Å². The van der Waals surface area contributed by atoms with Crippen LogP contribution in [-0.2, 0) is 0 Å². The minimum absolute atomic E-state index is 0.692. The molecule has 0 radical (unpaired) electrons. The van der Waals surface area contributed by atoms with Crippen molar-refractivity contribution in [3.8, 4) is 0 Å². The first-order chi connectivity index (χ1) is 11.2. The number of hydrogen-bond donors (Lipinski definition) is 0. The predicted molar refractivity (Wildman–Crippen MR) is 105 cm³/mol. The molecule has 1 aromatic carbocycles. The van der Waals surface area contributed by atoms with Crippen molar-refractivity contribution in [2.45, 2.75) is 70.0 Å². The molecule has 124 valence electrons. The second kappa shape index (κ2) is 7.21. The quantitative estimate of drug-likeness (QED) is 0.564. The summed E-state index contributed by atoms with van der Waals surface area (Å²) in [5.41, 5.74) is 3.22. The molecule has 1 saturated carbocycles. The van der Waals surface area contributed by atoms with E-state index in [1.807, 2.05) is 0 Å². The SMILES string of the molecule is CCC(C)C1=CC([Si](C)(c2ccccc2)C2CCCCC2)C=C1. The van der Waals surface area contributed by atoms with Crippen molar-refractivity contribution in [3.05, 3.63) is 54.1 Å². The van der Waals surface area contributed by atoms with Crippen LogP contribution in [0.25, 0.3) is 0 Å². The fourth-order valence-electron chi connectivity index (χ4n) is 4.67. The van der Waals surface area contributed by atoms with E-state index >= 15 is 0 Å². The maximum atomic E-state index is 2.67. The first-order valence-electron chi connectivity index (χ1n) is 9.61. The summed E-state index contributed by atoms with van der Waals surface area (Å²) < 4.78 is 0. The highest BCUT2D eigenvalue weighted by atomic mass is 28.3. The van der Waals surface area contributed by atoms with Gasteiger partial charge in [0.1, 0.15) is 0 Å². The standard InChI is InChI=1S/C22H32Si/c1-4-18(2)19-15-16-22(17-19)23(3,20-11-7-5-8-12-20)21-13-9-6-10-14-21/h5,7-8,11-12,15-18,21-22H,4,6,9-10,13-14H2,1-3H3. The maximum Gasteiger partial charge on any atom is 0.0972 e. The van der Waals surface area contributed by atoms with E-state index in [0.29, 0.717) is 11.5 Å². The fourth-order valence-corrected chi connectivity index (χ4v) is 9.62. The second-order valence-electron chi connectivity index (χ2n) is 7.84. The molecule has 2 aliphatic rings. The average molecular weight is 325 g/mol. The Bertz CT molecular complexity index is 565. The molecule has 1 aromatic rings. The highest BCUT2D eigenvalue weighted by Crippen LogP contribution is 2.46. The Balaban J connectivity index is 1.96. The van der Waals surface area contributed by atoms with Gasteiger partial charge in [-0.25, -0.2) is 0 Å². The molecule has 3 rings (SSSR count). The summed E-state index contributed by atoms with van der Waals surface area (Å²) in [5.74, 6) is 0.705. The Morgan fingerprint density at radius 3 is 2.43 bits per heavy atom. The Kier molecular flexibility index (Phi) is 5.26. The molecule has 1 heteroatoms. The van der Waals surface area contributed by atoms with E-state index in [9.17, 15) is 0 Å². The number of allylic oxidation sites excluding steroid dienone is 4. The molecule has 3 unspecified atom stereocenters. The molecule has 0 aromatic heterocycles. The zero-order valence-corrected chi connectivity index (χ0v) is 16.1. The Morgan fingerprint density at radius 1 is 1.09 bits per heavy atom. The van der Waals surface area contributed by atoms with Crippen molar-refractivity contribution in [1.82, 2.24) is 0 Å². The van der Waals surface area contributed by atoms with E-state index in [-0.39, 0.29) is 0 Å². The summed E-state index contributed by atoms with van der Waals surface area (Å²) >= 11 is 0. The van der Waals surface area contributed by atoms with Crippen molar-refractivity contribution < 1.29 is 0 Å². The number of benzene rings is 1. The monoisotopic (exact) mass is 324 g/mol. The summed E-state index contributed by atoms with van der Waals surface area (Å²) in [4.78, 5) is 0. The summed E-state index contributed by atoms with van der Waals surface area (Å²) in [6.07, 6.45) is 16.1. The zero-order valence-electron chi connectivity index (χ0n) is 15.1. The first kappa shape index (κ1) is 16.8. The lowest BCUT2D eigenvalue weighted by Crippen LogP contribution is -2.52. The van der Waals surface area contributed by atoms with Crippen LogP contribution in [0.1, 0.15) is 52.4 Å². The minimum Gasteiger partial charge on any atom is -0.0797 e. The van der Waals surface area contributed by atoms with Crippen LogP contribution in [0.15, 0.2) is 54.1 Å². The van der Waals surface area contributed by atoms with Gasteiger partial charge in [-0.2, -0.15) is 0 Å². The van der Waals surface area contributed by atoms with Crippen molar-refractivity contribution in [1.29, 1.82) is 0 Å². The van der Waals surface area contributed by atoms with Crippen LogP contribution in [-0.4, -0.2) is 8.07 Å². The number of rotatable bonds is 5. The van der Waals surface area contributed by atoms with Crippen molar-refractivity contribution in [2.75, 3.05) is 0 Å². The van der Waals surface area contributed by atoms with Gasteiger partial charge in [-0.15, -0.1) is 0 Å². The van der Waals surface area contributed by atoms with Gasteiger partial charge in [0.05, 0.1) is 8.07 Å². The van der Waals surface area contributed by atoms with Crippen LogP contribution >= 0.6 is 0 Å². The largest absolute Gasteiger partial charge is 0.0972 e. The maximum absolute atomic E-state index is 2.67. The Hall–Kier alpha value is -1.08. The zero-order chi connectivity index (χ0) is 16.3. The minimum atomic E-state index is -1.56. The average Bonchev–Trinajstić information content (AvgIpc) is 3.12. The van der Waals surface area contributed by atoms with Gasteiger partial charge in [0.25, 0.3) is 0 Å². The molecule has 0 aliphatic heterocycles. The lowest BCUT2D eigenvalue weighted by molar-refractivity contribution is 0.492. The normalized spacial score (nSPS) is 25.9. The van der Waals surface area contributed by atoms with E-state index in [1.54, 1.807) is 10.8 Å². The summed E-state index contributed by atoms with van der Waals surface area (Å²) in [6.45, 7) is 7.35. The summed E-state index contributed by atoms with van der Waals surface area (Å²) in [5, 5.41) is 1.67. The van der Waals surface area contributed by atoms with Gasteiger partial charge in [-0.05, 0) is 29.0 Å². The lowest BCUT2D eigenvalue weighted by Gasteiger charge is -2.42. The molecule has 0 amide bonds. The van der Waals surface area contributed by atoms with Crippen molar-refractivity contribution in [2.24, 2.45) is 5.92 Å². The third-order valence-electron chi connectivity index (χ3n) is 6.59. The van der Waals surface area contributed by atoms with Crippen LogP contribution < -0.4 is 5.19 Å². The van der Waals surface area contributed by atoms with Crippen molar-refractivity contribution in [3.63, 3.8) is 0 Å². The third kappa shape index (κ3) is 3.26. The molecular formula is C22H32Si. The predicted octanol–water partition coefficient (Wildman–Crippen LogP) is 6.22. The highest BCUT2D eigenvalue weighted by Gasteiger charge is 2.44. The Labute approximate surface area is 143 Å². The Morgan fingerprint density at radius 2 is 1.78 bits per heavy atom. The molecule has 2 aliphatic carbocycles. The topological polar surface area (TPSA) is 0 Å². The van der Waals surface area contributed by atoms with Gasteiger partial charge >= 0.3 is 0 Å².